The molecule has 2 rings (SSSR count). The lowest BCUT2D eigenvalue weighted by Crippen LogP contribution is -2.14. The van der Waals surface area contributed by atoms with Crippen molar-refractivity contribution < 1.29 is 14.6 Å². The number of para-hydroxylation sites is 1. The first-order valence-corrected chi connectivity index (χ1v) is 8.00. The number of benzene rings is 1. The van der Waals surface area contributed by atoms with Crippen LogP contribution in [0.25, 0.3) is 0 Å². The second-order valence-electron chi connectivity index (χ2n) is 4.69. The van der Waals surface area contributed by atoms with Gasteiger partial charge in [0.2, 0.25) is 0 Å². The highest BCUT2D eigenvalue weighted by Crippen LogP contribution is 2.32. The lowest BCUT2D eigenvalue weighted by Gasteiger charge is -2.14. The highest BCUT2D eigenvalue weighted by atomic mass is 35.5. The van der Waals surface area contributed by atoms with E-state index in [-0.39, 0.29) is 0 Å². The molecule has 1 aromatic heterocycles. The van der Waals surface area contributed by atoms with Crippen LogP contribution in [0.15, 0.2) is 36.4 Å². The summed E-state index contributed by atoms with van der Waals surface area (Å²) in [5.74, 6) is -0.694. The molecule has 0 aliphatic heterocycles. The molecule has 1 unspecified atom stereocenters. The summed E-state index contributed by atoms with van der Waals surface area (Å²) in [6.45, 7) is 2.66. The molecular weight excluding hydrogens is 308 g/mol. The molecule has 1 heterocycles. The van der Waals surface area contributed by atoms with Gasteiger partial charge in [-0.1, -0.05) is 36.7 Å². The van der Waals surface area contributed by atoms with E-state index in [9.17, 15) is 9.90 Å². The van der Waals surface area contributed by atoms with Crippen LogP contribution < -0.4 is 4.74 Å². The van der Waals surface area contributed by atoms with Crippen molar-refractivity contribution in [1.29, 1.82) is 0 Å². The van der Waals surface area contributed by atoms with E-state index in [0.29, 0.717) is 17.4 Å². The summed E-state index contributed by atoms with van der Waals surface area (Å²) in [4.78, 5) is 12.3. The van der Waals surface area contributed by atoms with Crippen molar-refractivity contribution in [2.75, 3.05) is 6.61 Å². The molecule has 21 heavy (non-hydrogen) atoms. The normalized spacial score (nSPS) is 12.1. The van der Waals surface area contributed by atoms with Crippen molar-refractivity contribution in [3.63, 3.8) is 0 Å². The molecule has 0 aliphatic carbocycles. The zero-order chi connectivity index (χ0) is 15.2. The number of rotatable bonds is 7. The molecule has 5 heteroatoms. The molecule has 0 saturated carbocycles. The number of thiophene rings is 1. The zero-order valence-electron chi connectivity index (χ0n) is 11.7. The second-order valence-corrected chi connectivity index (χ2v) is 6.44. The fraction of sp³-hybridized carbons (Fsp3) is 0.312. The Labute approximate surface area is 133 Å². The van der Waals surface area contributed by atoms with Crippen molar-refractivity contribution in [1.82, 2.24) is 0 Å². The van der Waals surface area contributed by atoms with Crippen LogP contribution in [0, 0.1) is 0 Å². The maximum absolute atomic E-state index is 11.6. The first kappa shape index (κ1) is 15.9. The minimum absolute atomic E-state index is 0.395. The smallest absolute Gasteiger partial charge is 0.312 e. The van der Waals surface area contributed by atoms with Crippen molar-refractivity contribution in [2.45, 2.75) is 25.7 Å². The topological polar surface area (TPSA) is 46.5 Å². The minimum Gasteiger partial charge on any atom is -0.493 e. The fourth-order valence-corrected chi connectivity index (χ4v) is 3.22. The SMILES string of the molecule is CCCOc1ccccc1CC(C(=O)O)c1ccc(Cl)s1. The summed E-state index contributed by atoms with van der Waals surface area (Å²) in [6.07, 6.45) is 1.31. The summed E-state index contributed by atoms with van der Waals surface area (Å²) in [5.41, 5.74) is 0.905. The highest BCUT2D eigenvalue weighted by Gasteiger charge is 2.23. The summed E-state index contributed by atoms with van der Waals surface area (Å²) in [5, 5.41) is 9.49. The molecule has 0 saturated heterocycles. The van der Waals surface area contributed by atoms with Crippen molar-refractivity contribution in [3.05, 3.63) is 51.2 Å². The maximum atomic E-state index is 11.6. The van der Waals surface area contributed by atoms with Gasteiger partial charge in [-0.2, -0.15) is 0 Å². The van der Waals surface area contributed by atoms with E-state index in [2.05, 4.69) is 0 Å². The third-order valence-corrected chi connectivity index (χ3v) is 4.44. The molecule has 112 valence electrons. The number of carboxylic acid groups (broad SMARTS) is 1. The Balaban J connectivity index is 2.23. The van der Waals surface area contributed by atoms with E-state index >= 15 is 0 Å². The summed E-state index contributed by atoms with van der Waals surface area (Å²) in [7, 11) is 0. The highest BCUT2D eigenvalue weighted by molar-refractivity contribution is 7.16. The molecule has 1 aromatic carbocycles. The number of carbonyl (C=O) groups is 1. The van der Waals surface area contributed by atoms with E-state index < -0.39 is 11.9 Å². The van der Waals surface area contributed by atoms with Gasteiger partial charge in [-0.15, -0.1) is 11.3 Å². The van der Waals surface area contributed by atoms with Crippen LogP contribution in [-0.2, 0) is 11.2 Å². The molecule has 1 N–H and O–H groups in total. The van der Waals surface area contributed by atoms with Gasteiger partial charge in [0.15, 0.2) is 0 Å². The number of halogens is 1. The Morgan fingerprint density at radius 1 is 1.33 bits per heavy atom. The average Bonchev–Trinajstić information content (AvgIpc) is 2.89. The van der Waals surface area contributed by atoms with Crippen molar-refractivity contribution >= 4 is 28.9 Å². The Morgan fingerprint density at radius 3 is 2.71 bits per heavy atom. The quantitative estimate of drug-likeness (QED) is 0.809. The number of hydrogen-bond donors (Lipinski definition) is 1. The lowest BCUT2D eigenvalue weighted by molar-refractivity contribution is -0.138. The predicted octanol–water partition coefficient (Wildman–Crippen LogP) is 4.60. The molecule has 3 nitrogen and oxygen atoms in total. The van der Waals surface area contributed by atoms with E-state index in [1.54, 1.807) is 12.1 Å². The van der Waals surface area contributed by atoms with E-state index in [1.165, 1.54) is 11.3 Å². The molecule has 0 fully saturated rings. The summed E-state index contributed by atoms with van der Waals surface area (Å²) in [6, 6.07) is 11.1. The molecule has 0 aliphatic rings. The Kier molecular flexibility index (Phi) is 5.65. The van der Waals surface area contributed by atoms with Crippen LogP contribution in [0.5, 0.6) is 5.75 Å². The zero-order valence-corrected chi connectivity index (χ0v) is 13.3. The third kappa shape index (κ3) is 4.22. The molecule has 1 atom stereocenters. The van der Waals surface area contributed by atoms with Crippen LogP contribution in [0.2, 0.25) is 4.34 Å². The maximum Gasteiger partial charge on any atom is 0.312 e. The molecule has 0 radical (unpaired) electrons. The lowest BCUT2D eigenvalue weighted by atomic mass is 9.97. The van der Waals surface area contributed by atoms with Crippen molar-refractivity contribution in [3.8, 4) is 5.75 Å². The molecule has 0 amide bonds. The van der Waals surface area contributed by atoms with Crippen LogP contribution in [0.1, 0.15) is 29.7 Å². The minimum atomic E-state index is -0.848. The van der Waals surface area contributed by atoms with Crippen LogP contribution in [-0.4, -0.2) is 17.7 Å². The van der Waals surface area contributed by atoms with Gasteiger partial charge in [-0.25, -0.2) is 0 Å². The third-order valence-electron chi connectivity index (χ3n) is 3.09. The van der Waals surface area contributed by atoms with Crippen molar-refractivity contribution in [2.24, 2.45) is 0 Å². The van der Waals surface area contributed by atoms with Crippen LogP contribution in [0.3, 0.4) is 0 Å². The molecule has 0 spiro atoms. The summed E-state index contributed by atoms with van der Waals surface area (Å²) >= 11 is 7.22. The van der Waals surface area contributed by atoms with E-state index in [1.807, 2.05) is 31.2 Å². The van der Waals surface area contributed by atoms with Gasteiger partial charge in [-0.3, -0.25) is 4.79 Å². The second kappa shape index (κ2) is 7.48. The van der Waals surface area contributed by atoms with Gasteiger partial charge in [-0.05, 0) is 36.6 Å². The predicted molar refractivity (Wildman–Crippen MR) is 85.6 cm³/mol. The van der Waals surface area contributed by atoms with Gasteiger partial charge >= 0.3 is 5.97 Å². The van der Waals surface area contributed by atoms with Crippen LogP contribution in [0.4, 0.5) is 0 Å². The first-order valence-electron chi connectivity index (χ1n) is 6.80. The first-order chi connectivity index (χ1) is 10.1. The number of carboxylic acids is 1. The van der Waals surface area contributed by atoms with E-state index in [0.717, 1.165) is 22.6 Å². The number of hydrogen-bond acceptors (Lipinski definition) is 3. The standard InChI is InChI=1S/C16H17ClO3S/c1-2-9-20-13-6-4-3-5-11(13)10-12(16(18)19)14-7-8-15(17)21-14/h3-8,12H,2,9-10H2,1H3,(H,18,19). The van der Waals surface area contributed by atoms with Gasteiger partial charge in [0.05, 0.1) is 16.9 Å². The van der Waals surface area contributed by atoms with Crippen LogP contribution >= 0.6 is 22.9 Å². The number of aliphatic carboxylic acids is 1. The molecule has 0 bridgehead atoms. The van der Waals surface area contributed by atoms with E-state index in [4.69, 9.17) is 16.3 Å². The number of ether oxygens (including phenoxy) is 1. The van der Waals surface area contributed by atoms with Gasteiger partial charge in [0.25, 0.3) is 0 Å². The molecule has 2 aromatic rings. The van der Waals surface area contributed by atoms with Gasteiger partial charge in [0, 0.05) is 4.88 Å². The van der Waals surface area contributed by atoms with Gasteiger partial charge in [0.1, 0.15) is 5.75 Å². The monoisotopic (exact) mass is 324 g/mol. The Bertz CT molecular complexity index is 609. The molecular formula is C16H17ClO3S. The largest absolute Gasteiger partial charge is 0.493 e. The average molecular weight is 325 g/mol. The fourth-order valence-electron chi connectivity index (χ4n) is 2.07. The Hall–Kier alpha value is -1.52. The Morgan fingerprint density at radius 2 is 2.10 bits per heavy atom. The summed E-state index contributed by atoms with van der Waals surface area (Å²) < 4.78 is 6.30. The van der Waals surface area contributed by atoms with Gasteiger partial charge < -0.3 is 9.84 Å².